The maximum atomic E-state index is 5.66. The van der Waals surface area contributed by atoms with E-state index in [1.807, 2.05) is 0 Å². The fraction of sp³-hybridized carbons (Fsp3) is 0.455. The van der Waals surface area contributed by atoms with E-state index in [1.54, 1.807) is 0 Å². The van der Waals surface area contributed by atoms with Crippen LogP contribution in [0, 0.1) is 6.92 Å². The van der Waals surface area contributed by atoms with Gasteiger partial charge in [0.1, 0.15) is 0 Å². The maximum absolute atomic E-state index is 5.66. The minimum atomic E-state index is 0.116. The van der Waals surface area contributed by atoms with E-state index in [0.717, 1.165) is 13.0 Å². The molecule has 0 spiro atoms. The monoisotopic (exact) mass is 177 g/mol. The van der Waals surface area contributed by atoms with Crippen molar-refractivity contribution in [3.8, 4) is 0 Å². The minimum absolute atomic E-state index is 0.116. The van der Waals surface area contributed by atoms with E-state index in [4.69, 9.17) is 10.5 Å². The minimum Gasteiger partial charge on any atom is -0.372 e. The molecule has 0 amide bonds. The Morgan fingerprint density at radius 2 is 2.38 bits per heavy atom. The Kier molecular flexibility index (Phi) is 2.34. The summed E-state index contributed by atoms with van der Waals surface area (Å²) in [6.07, 6.45) is 1.14. The SMILES string of the molecule is Cc1cccc2c1[C@H](CN)OCC2. The molecule has 2 heteroatoms. The Hall–Kier alpha value is -0.860. The van der Waals surface area contributed by atoms with Crippen LogP contribution in [0.5, 0.6) is 0 Å². The summed E-state index contributed by atoms with van der Waals surface area (Å²) in [5, 5.41) is 0. The molecule has 0 saturated heterocycles. The molecule has 2 nitrogen and oxygen atoms in total. The molecule has 0 bridgehead atoms. The molecular weight excluding hydrogens is 162 g/mol. The van der Waals surface area contributed by atoms with Gasteiger partial charge in [-0.05, 0) is 30.0 Å². The lowest BCUT2D eigenvalue weighted by Crippen LogP contribution is -2.23. The van der Waals surface area contributed by atoms with Gasteiger partial charge in [0.05, 0.1) is 12.7 Å². The van der Waals surface area contributed by atoms with Gasteiger partial charge in [0.15, 0.2) is 0 Å². The van der Waals surface area contributed by atoms with Crippen molar-refractivity contribution in [3.05, 3.63) is 34.9 Å². The number of ether oxygens (including phenoxy) is 1. The third-order valence-corrected chi connectivity index (χ3v) is 2.64. The van der Waals surface area contributed by atoms with Crippen molar-refractivity contribution in [2.75, 3.05) is 13.2 Å². The van der Waals surface area contributed by atoms with Gasteiger partial charge >= 0.3 is 0 Å². The first-order valence-electron chi connectivity index (χ1n) is 4.73. The molecule has 0 saturated carbocycles. The van der Waals surface area contributed by atoms with Crippen molar-refractivity contribution in [1.29, 1.82) is 0 Å². The van der Waals surface area contributed by atoms with Crippen molar-refractivity contribution in [2.45, 2.75) is 19.4 Å². The number of hydrogen-bond donors (Lipinski definition) is 1. The van der Waals surface area contributed by atoms with E-state index < -0.39 is 0 Å². The molecule has 0 aromatic heterocycles. The summed E-state index contributed by atoms with van der Waals surface area (Å²) in [4.78, 5) is 0. The molecule has 0 unspecified atom stereocenters. The molecule has 1 aliphatic heterocycles. The van der Waals surface area contributed by atoms with Gasteiger partial charge in [-0.25, -0.2) is 0 Å². The van der Waals surface area contributed by atoms with Crippen molar-refractivity contribution in [3.63, 3.8) is 0 Å². The van der Waals surface area contributed by atoms with Gasteiger partial charge in [0.2, 0.25) is 0 Å². The second kappa shape index (κ2) is 3.48. The Morgan fingerprint density at radius 1 is 1.54 bits per heavy atom. The van der Waals surface area contributed by atoms with Crippen molar-refractivity contribution >= 4 is 0 Å². The largest absolute Gasteiger partial charge is 0.372 e. The zero-order chi connectivity index (χ0) is 9.26. The average Bonchev–Trinajstić information content (AvgIpc) is 2.17. The lowest BCUT2D eigenvalue weighted by Gasteiger charge is -2.26. The molecule has 0 radical (unpaired) electrons. The molecular formula is C11H15NO. The number of fused-ring (bicyclic) bond motifs is 1. The van der Waals surface area contributed by atoms with E-state index in [-0.39, 0.29) is 6.10 Å². The van der Waals surface area contributed by atoms with Gasteiger partial charge in [-0.1, -0.05) is 18.2 Å². The molecule has 13 heavy (non-hydrogen) atoms. The second-order valence-electron chi connectivity index (χ2n) is 3.49. The molecule has 1 atom stereocenters. The van der Waals surface area contributed by atoms with Crippen LogP contribution in [0.25, 0.3) is 0 Å². The fourth-order valence-corrected chi connectivity index (χ4v) is 2.00. The van der Waals surface area contributed by atoms with Crippen LogP contribution in [0.1, 0.15) is 22.8 Å². The van der Waals surface area contributed by atoms with E-state index in [2.05, 4.69) is 25.1 Å². The number of hydrogen-bond acceptors (Lipinski definition) is 2. The molecule has 1 aromatic carbocycles. The highest BCUT2D eigenvalue weighted by Gasteiger charge is 2.20. The van der Waals surface area contributed by atoms with Crippen LogP contribution in [-0.4, -0.2) is 13.2 Å². The van der Waals surface area contributed by atoms with Gasteiger partial charge < -0.3 is 10.5 Å². The topological polar surface area (TPSA) is 35.2 Å². The molecule has 1 heterocycles. The number of benzene rings is 1. The lowest BCUT2D eigenvalue weighted by atomic mass is 9.93. The predicted octanol–water partition coefficient (Wildman–Crippen LogP) is 1.57. The molecule has 0 aliphatic carbocycles. The van der Waals surface area contributed by atoms with Crippen LogP contribution in [0.4, 0.5) is 0 Å². The summed E-state index contributed by atoms with van der Waals surface area (Å²) in [6, 6.07) is 6.40. The Morgan fingerprint density at radius 3 is 3.15 bits per heavy atom. The summed E-state index contributed by atoms with van der Waals surface area (Å²) in [5.41, 5.74) is 9.68. The van der Waals surface area contributed by atoms with E-state index in [9.17, 15) is 0 Å². The molecule has 70 valence electrons. The van der Waals surface area contributed by atoms with Crippen molar-refractivity contribution in [2.24, 2.45) is 5.73 Å². The zero-order valence-corrected chi connectivity index (χ0v) is 7.92. The fourth-order valence-electron chi connectivity index (χ4n) is 2.00. The van der Waals surface area contributed by atoms with Crippen LogP contribution >= 0.6 is 0 Å². The zero-order valence-electron chi connectivity index (χ0n) is 7.92. The summed E-state index contributed by atoms with van der Waals surface area (Å²) >= 11 is 0. The van der Waals surface area contributed by atoms with Crippen LogP contribution < -0.4 is 5.73 Å². The predicted molar refractivity (Wildman–Crippen MR) is 52.6 cm³/mol. The van der Waals surface area contributed by atoms with Gasteiger partial charge in [0.25, 0.3) is 0 Å². The highest BCUT2D eigenvalue weighted by atomic mass is 16.5. The van der Waals surface area contributed by atoms with Crippen LogP contribution in [-0.2, 0) is 11.2 Å². The van der Waals surface area contributed by atoms with Crippen molar-refractivity contribution in [1.82, 2.24) is 0 Å². The lowest BCUT2D eigenvalue weighted by molar-refractivity contribution is 0.0480. The van der Waals surface area contributed by atoms with E-state index in [1.165, 1.54) is 16.7 Å². The number of aryl methyl sites for hydroxylation is 1. The average molecular weight is 177 g/mol. The Labute approximate surface area is 78.7 Å². The molecule has 1 aromatic rings. The second-order valence-corrected chi connectivity index (χ2v) is 3.49. The Balaban J connectivity index is 2.47. The van der Waals surface area contributed by atoms with Gasteiger partial charge in [0, 0.05) is 6.54 Å². The number of nitrogens with two attached hydrogens (primary N) is 1. The first kappa shape index (κ1) is 8.73. The summed E-state index contributed by atoms with van der Waals surface area (Å²) in [5.74, 6) is 0. The molecule has 0 fully saturated rings. The highest BCUT2D eigenvalue weighted by molar-refractivity contribution is 5.37. The number of rotatable bonds is 1. The quantitative estimate of drug-likeness (QED) is 0.706. The normalized spacial score (nSPS) is 21.2. The summed E-state index contributed by atoms with van der Waals surface area (Å²) < 4.78 is 5.61. The van der Waals surface area contributed by atoms with Crippen LogP contribution in [0.15, 0.2) is 18.2 Å². The Bertz CT molecular complexity index is 309. The van der Waals surface area contributed by atoms with Gasteiger partial charge in [-0.15, -0.1) is 0 Å². The third-order valence-electron chi connectivity index (χ3n) is 2.64. The van der Waals surface area contributed by atoms with Crippen molar-refractivity contribution < 1.29 is 4.74 Å². The van der Waals surface area contributed by atoms with Gasteiger partial charge in [-0.2, -0.15) is 0 Å². The summed E-state index contributed by atoms with van der Waals surface area (Å²) in [7, 11) is 0. The van der Waals surface area contributed by atoms with Crippen LogP contribution in [0.3, 0.4) is 0 Å². The van der Waals surface area contributed by atoms with E-state index >= 15 is 0 Å². The highest BCUT2D eigenvalue weighted by Crippen LogP contribution is 2.28. The van der Waals surface area contributed by atoms with Gasteiger partial charge in [-0.3, -0.25) is 0 Å². The third kappa shape index (κ3) is 1.47. The smallest absolute Gasteiger partial charge is 0.0952 e. The van der Waals surface area contributed by atoms with E-state index in [0.29, 0.717) is 6.54 Å². The summed E-state index contributed by atoms with van der Waals surface area (Å²) in [6.45, 7) is 3.51. The molecule has 2 rings (SSSR count). The molecule has 1 aliphatic rings. The first-order chi connectivity index (χ1) is 6.33. The first-order valence-corrected chi connectivity index (χ1v) is 4.73. The standard InChI is InChI=1S/C11H15NO/c1-8-3-2-4-9-5-6-13-10(7-12)11(8)9/h2-4,10H,5-7,12H2,1H3/t10-/m0/s1. The van der Waals surface area contributed by atoms with Crippen LogP contribution in [0.2, 0.25) is 0 Å². The molecule has 2 N–H and O–H groups in total. The maximum Gasteiger partial charge on any atom is 0.0952 e.